The Balaban J connectivity index is 1.22. The molecule has 1 aliphatic heterocycles. The number of para-hydroxylation sites is 3. The topological polar surface area (TPSA) is 14.2 Å². The summed E-state index contributed by atoms with van der Waals surface area (Å²) in [6.45, 7) is 0.0927. The predicted molar refractivity (Wildman–Crippen MR) is 197 cm³/mol. The normalized spacial score (nSPS) is 12.5. The minimum Gasteiger partial charge on any atom is -0.458 e. The molecule has 0 unspecified atom stereocenters. The van der Waals surface area contributed by atoms with E-state index in [1.54, 1.807) is 0 Å². The fourth-order valence-electron chi connectivity index (χ4n) is 7.53. The van der Waals surface area contributed by atoms with E-state index in [2.05, 4.69) is 162 Å². The molecule has 1 aliphatic rings. The fourth-order valence-corrected chi connectivity index (χ4v) is 8.86. The second-order valence-electron chi connectivity index (χ2n) is 12.0. The average Bonchev–Trinajstić information content (AvgIpc) is 3.67. The van der Waals surface area contributed by atoms with E-state index in [-0.39, 0.29) is 6.71 Å². The lowest BCUT2D eigenvalue weighted by molar-refractivity contribution is 0.487. The smallest absolute Gasteiger partial charge is 0.250 e. The summed E-state index contributed by atoms with van der Waals surface area (Å²) in [7, 11) is 0. The number of benzene rings is 7. The zero-order chi connectivity index (χ0) is 30.2. The maximum Gasteiger partial charge on any atom is 0.250 e. The van der Waals surface area contributed by atoms with Crippen molar-refractivity contribution in [1.29, 1.82) is 0 Å². The third kappa shape index (κ3) is 3.71. The molecule has 0 aliphatic carbocycles. The Morgan fingerprint density at radius 3 is 1.91 bits per heavy atom. The van der Waals surface area contributed by atoms with Crippen molar-refractivity contribution in [3.05, 3.63) is 158 Å². The monoisotopic (exact) mass is 603 g/mol. The van der Waals surface area contributed by atoms with Crippen LogP contribution in [0, 0.1) is 0 Å². The number of nitrogens with zero attached hydrogens (tertiary/aromatic N) is 1. The van der Waals surface area contributed by atoms with Gasteiger partial charge in [0.15, 0.2) is 0 Å². The summed E-state index contributed by atoms with van der Waals surface area (Å²) in [5.41, 5.74) is 9.87. The molecule has 2 aromatic heterocycles. The van der Waals surface area contributed by atoms with Crippen LogP contribution in [0.15, 0.2) is 158 Å². The van der Waals surface area contributed by atoms with E-state index in [1.807, 2.05) is 11.3 Å². The first-order valence-corrected chi connectivity index (χ1v) is 16.5. The van der Waals surface area contributed by atoms with Gasteiger partial charge in [-0.05, 0) is 52.4 Å². The van der Waals surface area contributed by atoms with E-state index in [1.165, 1.54) is 75.2 Å². The third-order valence-corrected chi connectivity index (χ3v) is 10.8. The highest BCUT2D eigenvalue weighted by molar-refractivity contribution is 7.26. The number of hydrogen-bond donors (Lipinski definition) is 0. The van der Waals surface area contributed by atoms with Crippen molar-refractivity contribution in [3.8, 4) is 28.3 Å². The lowest BCUT2D eigenvalue weighted by Crippen LogP contribution is -2.54. The van der Waals surface area contributed by atoms with E-state index in [9.17, 15) is 0 Å². The summed E-state index contributed by atoms with van der Waals surface area (Å²) < 4.78 is 11.5. The van der Waals surface area contributed by atoms with Gasteiger partial charge in [0, 0.05) is 26.2 Å². The Morgan fingerprint density at radius 2 is 1.11 bits per heavy atom. The number of thiophene rings is 1. The summed E-state index contributed by atoms with van der Waals surface area (Å²) in [5.74, 6) is 1.86. The molecule has 10 rings (SSSR count). The van der Waals surface area contributed by atoms with E-state index >= 15 is 0 Å². The van der Waals surface area contributed by atoms with Crippen molar-refractivity contribution < 1.29 is 4.74 Å². The van der Waals surface area contributed by atoms with Crippen molar-refractivity contribution in [2.75, 3.05) is 0 Å². The third-order valence-electron chi connectivity index (χ3n) is 9.54. The first kappa shape index (κ1) is 25.7. The van der Waals surface area contributed by atoms with Gasteiger partial charge in [-0.15, -0.1) is 11.3 Å². The largest absolute Gasteiger partial charge is 0.458 e. The van der Waals surface area contributed by atoms with Gasteiger partial charge in [0.25, 0.3) is 6.71 Å². The zero-order valence-corrected chi connectivity index (χ0v) is 25.7. The molecule has 0 saturated heterocycles. The van der Waals surface area contributed by atoms with Crippen LogP contribution < -0.4 is 21.1 Å². The van der Waals surface area contributed by atoms with Gasteiger partial charge in [0.1, 0.15) is 11.5 Å². The zero-order valence-electron chi connectivity index (χ0n) is 24.9. The Kier molecular flexibility index (Phi) is 5.57. The van der Waals surface area contributed by atoms with Gasteiger partial charge >= 0.3 is 0 Å². The van der Waals surface area contributed by atoms with Gasteiger partial charge in [-0.3, -0.25) is 0 Å². The molecule has 0 amide bonds. The minimum atomic E-state index is 0.0927. The standard InChI is InChI=1S/C42H26BNOS/c1-2-12-27(13-3-1)29-15-10-16-31-32-17-11-21-38(42(32)46-41(29)31)44-36-20-7-4-14-30(36)33-26-28(24-25-37(33)44)43-34-18-5-8-22-39(34)45-40-23-9-6-19-35(40)43/h1-26H. The Hall–Kier alpha value is -5.58. The number of aromatic nitrogens is 1. The van der Waals surface area contributed by atoms with Crippen LogP contribution in [-0.4, -0.2) is 11.3 Å². The Labute approximate surface area is 270 Å². The molecule has 0 N–H and O–H groups in total. The second-order valence-corrected chi connectivity index (χ2v) is 13.1. The van der Waals surface area contributed by atoms with Gasteiger partial charge < -0.3 is 9.30 Å². The minimum absolute atomic E-state index is 0.0927. The van der Waals surface area contributed by atoms with Gasteiger partial charge in [0.2, 0.25) is 0 Å². The van der Waals surface area contributed by atoms with Crippen LogP contribution in [0.5, 0.6) is 11.5 Å². The lowest BCUT2D eigenvalue weighted by atomic mass is 9.36. The van der Waals surface area contributed by atoms with Crippen LogP contribution in [-0.2, 0) is 0 Å². The quantitative estimate of drug-likeness (QED) is 0.184. The summed E-state index contributed by atoms with van der Waals surface area (Å²) in [6, 6.07) is 57.0. The van der Waals surface area contributed by atoms with Crippen LogP contribution in [0.4, 0.5) is 0 Å². The molecule has 3 heterocycles. The predicted octanol–water partition coefficient (Wildman–Crippen LogP) is 9.44. The molecule has 0 fully saturated rings. The maximum atomic E-state index is 6.35. The molecular weight excluding hydrogens is 577 g/mol. The molecule has 0 saturated carbocycles. The highest BCUT2D eigenvalue weighted by atomic mass is 32.1. The lowest BCUT2D eigenvalue weighted by Gasteiger charge is -2.26. The van der Waals surface area contributed by atoms with Crippen LogP contribution in [0.25, 0.3) is 58.8 Å². The van der Waals surface area contributed by atoms with Crippen molar-refractivity contribution in [3.63, 3.8) is 0 Å². The number of fused-ring (bicyclic) bond motifs is 8. The van der Waals surface area contributed by atoms with Crippen LogP contribution in [0.3, 0.4) is 0 Å². The van der Waals surface area contributed by atoms with Gasteiger partial charge in [-0.25, -0.2) is 0 Å². The SMILES string of the molecule is c1ccc(-c2cccc3c2sc2c(-n4c5ccccc5c5cc(B6c7ccccc7Oc7ccccc76)ccc54)cccc23)cc1. The van der Waals surface area contributed by atoms with Gasteiger partial charge in [0.05, 0.1) is 21.4 Å². The van der Waals surface area contributed by atoms with Gasteiger partial charge in [-0.1, -0.05) is 133 Å². The average molecular weight is 604 g/mol. The van der Waals surface area contributed by atoms with E-state index < -0.39 is 0 Å². The molecule has 4 heteroatoms. The van der Waals surface area contributed by atoms with Crippen molar-refractivity contribution >= 4 is 76.4 Å². The summed E-state index contributed by atoms with van der Waals surface area (Å²) >= 11 is 1.90. The molecule has 46 heavy (non-hydrogen) atoms. The van der Waals surface area contributed by atoms with E-state index in [4.69, 9.17) is 4.74 Å². The summed E-state index contributed by atoms with van der Waals surface area (Å²) in [5, 5.41) is 5.13. The molecule has 214 valence electrons. The van der Waals surface area contributed by atoms with Crippen molar-refractivity contribution in [1.82, 2.24) is 4.57 Å². The number of ether oxygens (including phenoxy) is 1. The Morgan fingerprint density at radius 1 is 0.478 bits per heavy atom. The fraction of sp³-hybridized carbons (Fsp3) is 0. The molecule has 0 radical (unpaired) electrons. The first-order chi connectivity index (χ1) is 22.8. The number of rotatable bonds is 3. The van der Waals surface area contributed by atoms with Crippen molar-refractivity contribution in [2.45, 2.75) is 0 Å². The van der Waals surface area contributed by atoms with Crippen LogP contribution >= 0.6 is 11.3 Å². The molecule has 0 bridgehead atoms. The summed E-state index contributed by atoms with van der Waals surface area (Å²) in [6.07, 6.45) is 0. The van der Waals surface area contributed by atoms with Crippen LogP contribution in [0.1, 0.15) is 0 Å². The first-order valence-electron chi connectivity index (χ1n) is 15.7. The van der Waals surface area contributed by atoms with Crippen molar-refractivity contribution in [2.24, 2.45) is 0 Å². The molecule has 7 aromatic carbocycles. The molecule has 0 spiro atoms. The van der Waals surface area contributed by atoms with Crippen LogP contribution in [0.2, 0.25) is 0 Å². The molecule has 2 nitrogen and oxygen atoms in total. The van der Waals surface area contributed by atoms with E-state index in [0.717, 1.165) is 11.5 Å². The molecule has 0 atom stereocenters. The highest BCUT2D eigenvalue weighted by Gasteiger charge is 2.32. The Bertz CT molecular complexity index is 2590. The summed E-state index contributed by atoms with van der Waals surface area (Å²) in [4.78, 5) is 0. The molecule has 9 aromatic rings. The highest BCUT2D eigenvalue weighted by Crippen LogP contribution is 2.44. The second kappa shape index (κ2) is 9.97. The maximum absolute atomic E-state index is 6.35. The van der Waals surface area contributed by atoms with E-state index in [0.29, 0.717) is 0 Å². The number of hydrogen-bond acceptors (Lipinski definition) is 2. The van der Waals surface area contributed by atoms with Gasteiger partial charge in [-0.2, -0.15) is 0 Å². The molecular formula is C42H26BNOS.